The van der Waals surface area contributed by atoms with Crippen molar-refractivity contribution in [2.24, 2.45) is 5.92 Å². The van der Waals surface area contributed by atoms with E-state index >= 15 is 0 Å². The van der Waals surface area contributed by atoms with Crippen LogP contribution in [-0.2, 0) is 12.8 Å². The van der Waals surface area contributed by atoms with E-state index in [2.05, 4.69) is 18.0 Å². The van der Waals surface area contributed by atoms with Crippen molar-refractivity contribution in [3.05, 3.63) is 52.8 Å². The Morgan fingerprint density at radius 3 is 2.48 bits per heavy atom. The maximum atomic E-state index is 13.7. The molecule has 1 fully saturated rings. The van der Waals surface area contributed by atoms with E-state index in [1.807, 2.05) is 6.07 Å². The summed E-state index contributed by atoms with van der Waals surface area (Å²) in [5.41, 5.74) is 3.61. The number of hydrogen-bond acceptors (Lipinski definition) is 4. The first-order valence-electron chi connectivity index (χ1n) is 9.83. The molecule has 0 N–H and O–H groups in total. The van der Waals surface area contributed by atoms with Gasteiger partial charge in [-0.3, -0.25) is 0 Å². The Morgan fingerprint density at radius 2 is 1.83 bits per heavy atom. The minimum absolute atomic E-state index is 0. The van der Waals surface area contributed by atoms with Gasteiger partial charge < -0.3 is 19.1 Å². The van der Waals surface area contributed by atoms with Crippen molar-refractivity contribution in [1.82, 2.24) is 4.90 Å². The number of rotatable bonds is 5. The lowest BCUT2D eigenvalue weighted by Gasteiger charge is -2.33. The third kappa shape index (κ3) is 3.78. The van der Waals surface area contributed by atoms with Gasteiger partial charge in [0.25, 0.3) is 0 Å². The van der Waals surface area contributed by atoms with Crippen LogP contribution in [0, 0.1) is 11.7 Å². The second-order valence-corrected chi connectivity index (χ2v) is 7.86. The fourth-order valence-corrected chi connectivity index (χ4v) is 5.25. The molecule has 0 spiro atoms. The van der Waals surface area contributed by atoms with Crippen LogP contribution < -0.4 is 14.2 Å². The van der Waals surface area contributed by atoms with Gasteiger partial charge in [-0.05, 0) is 61.6 Å². The Balaban J connectivity index is 0.00000240. The predicted molar refractivity (Wildman–Crippen MR) is 114 cm³/mol. The van der Waals surface area contributed by atoms with E-state index < -0.39 is 0 Å². The minimum atomic E-state index is -0.162. The number of hydrogen-bond donors (Lipinski definition) is 0. The third-order valence-electron chi connectivity index (χ3n) is 6.49. The summed E-state index contributed by atoms with van der Waals surface area (Å²) in [6.07, 6.45) is 2.91. The van der Waals surface area contributed by atoms with Crippen LogP contribution in [-0.4, -0.2) is 45.9 Å². The van der Waals surface area contributed by atoms with Crippen LogP contribution in [0.25, 0.3) is 0 Å². The fourth-order valence-electron chi connectivity index (χ4n) is 5.25. The molecule has 4 nitrogen and oxygen atoms in total. The molecule has 1 saturated heterocycles. The standard InChI is InChI=1S/C23H28FNO3.ClH/c1-25-13-19-16(20(25)11-14-6-5-7-15(24)10-14)8-9-17-18(19)12-21(26-2)23(28-4)22(17)27-3;/h5-7,10,12,16,19-20H,8-9,11,13H2,1-4H3;1H. The molecular formula is C23H29ClFNO3. The highest BCUT2D eigenvalue weighted by molar-refractivity contribution is 5.85. The van der Waals surface area contributed by atoms with Crippen LogP contribution in [0.3, 0.4) is 0 Å². The van der Waals surface area contributed by atoms with Crippen LogP contribution in [0.1, 0.15) is 29.0 Å². The minimum Gasteiger partial charge on any atom is -0.493 e. The Hall–Kier alpha value is -1.98. The summed E-state index contributed by atoms with van der Waals surface area (Å²) >= 11 is 0. The maximum Gasteiger partial charge on any atom is 0.203 e. The summed E-state index contributed by atoms with van der Waals surface area (Å²) in [6, 6.07) is 9.53. The molecule has 0 aromatic heterocycles. The summed E-state index contributed by atoms with van der Waals surface area (Å²) in [7, 11) is 7.19. The topological polar surface area (TPSA) is 30.9 Å². The number of halogens is 2. The highest BCUT2D eigenvalue weighted by atomic mass is 35.5. The monoisotopic (exact) mass is 421 g/mol. The van der Waals surface area contributed by atoms with Crippen LogP contribution in [0.15, 0.2) is 30.3 Å². The molecule has 2 aromatic carbocycles. The molecule has 2 aliphatic rings. The van der Waals surface area contributed by atoms with Crippen molar-refractivity contribution >= 4 is 12.4 Å². The second kappa shape index (κ2) is 8.80. The lowest BCUT2D eigenvalue weighted by Crippen LogP contribution is -2.32. The largest absolute Gasteiger partial charge is 0.493 e. The molecular weight excluding hydrogens is 393 g/mol. The van der Waals surface area contributed by atoms with Crippen molar-refractivity contribution in [2.45, 2.75) is 31.2 Å². The zero-order chi connectivity index (χ0) is 19.8. The number of methoxy groups -OCH3 is 3. The Labute approximate surface area is 178 Å². The first-order chi connectivity index (χ1) is 13.6. The van der Waals surface area contributed by atoms with Crippen LogP contribution in [0.2, 0.25) is 0 Å². The van der Waals surface area contributed by atoms with E-state index in [4.69, 9.17) is 14.2 Å². The van der Waals surface area contributed by atoms with Crippen molar-refractivity contribution in [3.63, 3.8) is 0 Å². The predicted octanol–water partition coefficient (Wildman–Crippen LogP) is 4.48. The summed E-state index contributed by atoms with van der Waals surface area (Å²) < 4.78 is 30.5. The van der Waals surface area contributed by atoms with Crippen molar-refractivity contribution < 1.29 is 18.6 Å². The van der Waals surface area contributed by atoms with Gasteiger partial charge in [0, 0.05) is 24.1 Å². The molecule has 158 valence electrons. The molecule has 1 aliphatic carbocycles. The summed E-state index contributed by atoms with van der Waals surface area (Å²) in [5, 5.41) is 0. The van der Waals surface area contributed by atoms with E-state index in [1.54, 1.807) is 33.5 Å². The average Bonchev–Trinajstić information content (AvgIpc) is 3.02. The number of benzene rings is 2. The number of ether oxygens (including phenoxy) is 3. The van der Waals surface area contributed by atoms with Crippen molar-refractivity contribution in [2.75, 3.05) is 34.9 Å². The average molecular weight is 422 g/mol. The molecule has 1 heterocycles. The lowest BCUT2D eigenvalue weighted by molar-refractivity contribution is 0.257. The Bertz CT molecular complexity index is 875. The molecule has 2 aromatic rings. The van der Waals surface area contributed by atoms with E-state index in [-0.39, 0.29) is 18.2 Å². The molecule has 1 aliphatic heterocycles. The first kappa shape index (κ1) is 21.7. The van der Waals surface area contributed by atoms with Crippen LogP contribution >= 0.6 is 12.4 Å². The highest BCUT2D eigenvalue weighted by Gasteiger charge is 2.44. The number of fused-ring (bicyclic) bond motifs is 3. The molecule has 4 rings (SSSR count). The zero-order valence-corrected chi connectivity index (χ0v) is 18.2. The van der Waals surface area contributed by atoms with Crippen molar-refractivity contribution in [3.8, 4) is 17.2 Å². The molecule has 0 amide bonds. The van der Waals surface area contributed by atoms with Gasteiger partial charge in [-0.15, -0.1) is 12.4 Å². The van der Waals surface area contributed by atoms with E-state index in [0.29, 0.717) is 23.6 Å². The van der Waals surface area contributed by atoms with Crippen LogP contribution in [0.4, 0.5) is 4.39 Å². The Morgan fingerprint density at radius 1 is 1.07 bits per heavy atom. The maximum absolute atomic E-state index is 13.7. The second-order valence-electron chi connectivity index (χ2n) is 7.86. The van der Waals surface area contributed by atoms with E-state index in [9.17, 15) is 4.39 Å². The highest BCUT2D eigenvalue weighted by Crippen LogP contribution is 2.52. The molecule has 29 heavy (non-hydrogen) atoms. The van der Waals surface area contributed by atoms with Gasteiger partial charge in [-0.25, -0.2) is 4.39 Å². The van der Waals surface area contributed by atoms with Crippen molar-refractivity contribution in [1.29, 1.82) is 0 Å². The van der Waals surface area contributed by atoms with E-state index in [1.165, 1.54) is 17.2 Å². The number of nitrogens with zero attached hydrogens (tertiary/aromatic N) is 1. The molecule has 3 unspecified atom stereocenters. The summed E-state index contributed by atoms with van der Waals surface area (Å²) in [4.78, 5) is 2.43. The number of likely N-dealkylation sites (tertiary alicyclic amines) is 1. The fraction of sp³-hybridized carbons (Fsp3) is 0.478. The lowest BCUT2D eigenvalue weighted by atomic mass is 9.73. The Kier molecular flexibility index (Phi) is 6.59. The number of likely N-dealkylation sites (N-methyl/N-ethyl adjacent to an activating group) is 1. The van der Waals surface area contributed by atoms with E-state index in [0.717, 1.165) is 42.9 Å². The van der Waals surface area contributed by atoms with Gasteiger partial charge in [-0.2, -0.15) is 0 Å². The first-order valence-corrected chi connectivity index (χ1v) is 9.83. The molecule has 0 bridgehead atoms. The van der Waals surface area contributed by atoms with Gasteiger partial charge in [0.15, 0.2) is 11.5 Å². The quantitative estimate of drug-likeness (QED) is 0.712. The van der Waals surface area contributed by atoms with Gasteiger partial charge >= 0.3 is 0 Å². The van der Waals surface area contributed by atoms with Gasteiger partial charge in [-0.1, -0.05) is 12.1 Å². The zero-order valence-electron chi connectivity index (χ0n) is 17.4. The van der Waals surface area contributed by atoms with Gasteiger partial charge in [0.05, 0.1) is 21.3 Å². The molecule has 6 heteroatoms. The SMILES string of the molecule is COc1cc2c(c(OC)c1OC)CCC1C2CN(C)C1Cc1cccc(F)c1.Cl. The smallest absolute Gasteiger partial charge is 0.203 e. The van der Waals surface area contributed by atoms with Crippen LogP contribution in [0.5, 0.6) is 17.2 Å². The normalized spacial score (nSPS) is 23.0. The summed E-state index contributed by atoms with van der Waals surface area (Å²) in [6.45, 7) is 0.982. The van der Waals surface area contributed by atoms with Gasteiger partial charge in [0.2, 0.25) is 5.75 Å². The summed E-state index contributed by atoms with van der Waals surface area (Å²) in [5.74, 6) is 2.97. The van der Waals surface area contributed by atoms with Gasteiger partial charge in [0.1, 0.15) is 5.82 Å². The molecule has 0 saturated carbocycles. The molecule has 3 atom stereocenters. The molecule has 0 radical (unpaired) electrons. The third-order valence-corrected chi connectivity index (χ3v) is 6.49.